The molecule has 0 atom stereocenters. The Morgan fingerprint density at radius 2 is 1.79 bits per heavy atom. The fraction of sp³-hybridized carbons (Fsp3) is 0.429. The largest absolute Gasteiger partial charge is 0.469 e. The number of benzene rings is 1. The number of nitrogens with zero attached hydrogens (tertiary/aromatic N) is 1. The third-order valence-corrected chi connectivity index (χ3v) is 4.13. The van der Waals surface area contributed by atoms with Crippen molar-refractivity contribution in [3.05, 3.63) is 33.4 Å². The van der Waals surface area contributed by atoms with E-state index in [4.69, 9.17) is 4.74 Å². The topological polar surface area (TPSA) is 46.6 Å². The lowest BCUT2D eigenvalue weighted by molar-refractivity contribution is -0.146. The molecule has 0 saturated carbocycles. The summed E-state index contributed by atoms with van der Waals surface area (Å²) in [5, 5.41) is 0. The molecule has 1 amide bonds. The van der Waals surface area contributed by atoms with Gasteiger partial charge in [-0.25, -0.2) is 0 Å². The van der Waals surface area contributed by atoms with E-state index < -0.39 is 0 Å². The molecule has 1 saturated heterocycles. The van der Waals surface area contributed by atoms with Gasteiger partial charge in [-0.05, 0) is 59.7 Å². The first-order chi connectivity index (χ1) is 9.11. The summed E-state index contributed by atoms with van der Waals surface area (Å²) in [6.07, 6.45) is 1.37. The van der Waals surface area contributed by atoms with E-state index in [1.165, 1.54) is 7.11 Å². The highest BCUT2D eigenvalue weighted by molar-refractivity contribution is 14.1. The van der Waals surface area contributed by atoms with Crippen LogP contribution in [0.3, 0.4) is 0 Å². The zero-order valence-electron chi connectivity index (χ0n) is 10.8. The lowest BCUT2D eigenvalue weighted by atomic mass is 9.96. The van der Waals surface area contributed by atoms with Crippen LogP contribution in [0.25, 0.3) is 0 Å². The Balaban J connectivity index is 1.96. The van der Waals surface area contributed by atoms with E-state index >= 15 is 0 Å². The summed E-state index contributed by atoms with van der Waals surface area (Å²) in [5.41, 5.74) is 0.705. The fourth-order valence-corrected chi connectivity index (χ4v) is 2.62. The second kappa shape index (κ2) is 6.36. The maximum Gasteiger partial charge on any atom is 0.308 e. The molecule has 0 bridgehead atoms. The predicted octanol–water partition coefficient (Wildman–Crippen LogP) is 2.32. The molecule has 1 aliphatic rings. The molecule has 0 N–H and O–H groups in total. The van der Waals surface area contributed by atoms with Crippen LogP contribution < -0.4 is 0 Å². The Bertz CT molecular complexity index is 464. The molecule has 1 aromatic rings. The molecule has 1 aliphatic heterocycles. The minimum Gasteiger partial charge on any atom is -0.469 e. The van der Waals surface area contributed by atoms with Crippen molar-refractivity contribution in [3.63, 3.8) is 0 Å². The van der Waals surface area contributed by atoms with Gasteiger partial charge in [-0.3, -0.25) is 9.59 Å². The average molecular weight is 373 g/mol. The van der Waals surface area contributed by atoms with Crippen molar-refractivity contribution in [1.29, 1.82) is 0 Å². The molecule has 1 heterocycles. The summed E-state index contributed by atoms with van der Waals surface area (Å²) >= 11 is 2.21. The molecule has 0 aliphatic carbocycles. The lowest BCUT2D eigenvalue weighted by Gasteiger charge is -2.30. The molecule has 0 aromatic heterocycles. The highest BCUT2D eigenvalue weighted by Crippen LogP contribution is 2.20. The zero-order valence-corrected chi connectivity index (χ0v) is 12.9. The Morgan fingerprint density at radius 1 is 1.21 bits per heavy atom. The van der Waals surface area contributed by atoms with Crippen LogP contribution in [0.5, 0.6) is 0 Å². The van der Waals surface area contributed by atoms with E-state index in [0.29, 0.717) is 31.5 Å². The number of esters is 1. The fourth-order valence-electron chi connectivity index (χ4n) is 2.26. The minimum absolute atomic E-state index is 0.0414. The second-order valence-electron chi connectivity index (χ2n) is 4.60. The SMILES string of the molecule is COC(=O)C1CCN(C(=O)c2ccc(I)cc2)CC1. The van der Waals surface area contributed by atoms with Crippen molar-refractivity contribution in [1.82, 2.24) is 4.90 Å². The first-order valence-electron chi connectivity index (χ1n) is 6.24. The summed E-state index contributed by atoms with van der Waals surface area (Å²) in [4.78, 5) is 25.5. The zero-order chi connectivity index (χ0) is 13.8. The van der Waals surface area contributed by atoms with Crippen molar-refractivity contribution in [2.45, 2.75) is 12.8 Å². The van der Waals surface area contributed by atoms with E-state index in [9.17, 15) is 9.59 Å². The van der Waals surface area contributed by atoms with Crippen LogP contribution in [0, 0.1) is 9.49 Å². The summed E-state index contributed by atoms with van der Waals surface area (Å²) in [7, 11) is 1.41. The first-order valence-corrected chi connectivity index (χ1v) is 7.32. The maximum atomic E-state index is 12.3. The summed E-state index contributed by atoms with van der Waals surface area (Å²) < 4.78 is 5.85. The molecule has 5 heteroatoms. The molecule has 0 radical (unpaired) electrons. The smallest absolute Gasteiger partial charge is 0.308 e. The molecule has 4 nitrogen and oxygen atoms in total. The Kier molecular flexibility index (Phi) is 4.79. The number of halogens is 1. The number of piperidine rings is 1. The Morgan fingerprint density at radius 3 is 2.32 bits per heavy atom. The van der Waals surface area contributed by atoms with E-state index in [1.54, 1.807) is 0 Å². The molecule has 0 unspecified atom stereocenters. The van der Waals surface area contributed by atoms with Crippen LogP contribution >= 0.6 is 22.6 Å². The molecule has 1 fully saturated rings. The van der Waals surface area contributed by atoms with E-state index in [1.807, 2.05) is 29.2 Å². The summed E-state index contributed by atoms with van der Waals surface area (Å²) in [5.74, 6) is -0.188. The maximum absolute atomic E-state index is 12.3. The van der Waals surface area contributed by atoms with E-state index in [-0.39, 0.29) is 17.8 Å². The number of likely N-dealkylation sites (tertiary alicyclic amines) is 1. The molecule has 0 spiro atoms. The van der Waals surface area contributed by atoms with Gasteiger partial charge in [-0.2, -0.15) is 0 Å². The molecule has 102 valence electrons. The molecule has 1 aromatic carbocycles. The number of carbonyl (C=O) groups excluding carboxylic acids is 2. The molecule has 2 rings (SSSR count). The molecule has 19 heavy (non-hydrogen) atoms. The van der Waals surface area contributed by atoms with Crippen molar-refractivity contribution in [3.8, 4) is 0 Å². The van der Waals surface area contributed by atoms with Crippen molar-refractivity contribution >= 4 is 34.5 Å². The Hall–Kier alpha value is -1.11. The number of carbonyl (C=O) groups is 2. The van der Waals surface area contributed by atoms with Gasteiger partial charge in [-0.1, -0.05) is 0 Å². The highest BCUT2D eigenvalue weighted by atomic mass is 127. The van der Waals surface area contributed by atoms with Crippen molar-refractivity contribution in [2.75, 3.05) is 20.2 Å². The number of rotatable bonds is 2. The van der Waals surface area contributed by atoms with Gasteiger partial charge in [0.1, 0.15) is 0 Å². The van der Waals surface area contributed by atoms with Gasteiger partial charge in [0.15, 0.2) is 0 Å². The molecular formula is C14H16INO3. The standard InChI is InChI=1S/C14H16INO3/c1-19-14(18)11-6-8-16(9-7-11)13(17)10-2-4-12(15)5-3-10/h2-5,11H,6-9H2,1H3. The van der Waals surface area contributed by atoms with Crippen LogP contribution in [0.15, 0.2) is 24.3 Å². The number of hydrogen-bond donors (Lipinski definition) is 0. The molecular weight excluding hydrogens is 357 g/mol. The average Bonchev–Trinajstić information content (AvgIpc) is 2.46. The third-order valence-electron chi connectivity index (χ3n) is 3.41. The van der Waals surface area contributed by atoms with Gasteiger partial charge in [0.05, 0.1) is 13.0 Å². The number of amides is 1. The predicted molar refractivity (Wildman–Crippen MR) is 79.8 cm³/mol. The lowest BCUT2D eigenvalue weighted by Crippen LogP contribution is -2.40. The second-order valence-corrected chi connectivity index (χ2v) is 5.84. The van der Waals surface area contributed by atoms with Crippen LogP contribution in [-0.4, -0.2) is 37.0 Å². The number of methoxy groups -OCH3 is 1. The van der Waals surface area contributed by atoms with Gasteiger partial charge in [0, 0.05) is 22.2 Å². The first kappa shape index (κ1) is 14.3. The minimum atomic E-state index is -0.165. The normalized spacial score (nSPS) is 16.2. The number of hydrogen-bond acceptors (Lipinski definition) is 3. The van der Waals surface area contributed by atoms with Gasteiger partial charge in [-0.15, -0.1) is 0 Å². The number of ether oxygens (including phenoxy) is 1. The van der Waals surface area contributed by atoms with Gasteiger partial charge in [0.25, 0.3) is 5.91 Å². The summed E-state index contributed by atoms with van der Waals surface area (Å²) in [6, 6.07) is 7.54. The van der Waals surface area contributed by atoms with Crippen LogP contribution in [0.4, 0.5) is 0 Å². The van der Waals surface area contributed by atoms with Crippen LogP contribution in [0.2, 0.25) is 0 Å². The van der Waals surface area contributed by atoms with Crippen LogP contribution in [-0.2, 0) is 9.53 Å². The van der Waals surface area contributed by atoms with Gasteiger partial charge >= 0.3 is 5.97 Å². The van der Waals surface area contributed by atoms with Gasteiger partial charge < -0.3 is 9.64 Å². The monoisotopic (exact) mass is 373 g/mol. The Labute approximate surface area is 126 Å². The quantitative estimate of drug-likeness (QED) is 0.591. The third kappa shape index (κ3) is 3.46. The van der Waals surface area contributed by atoms with Crippen molar-refractivity contribution in [2.24, 2.45) is 5.92 Å². The van der Waals surface area contributed by atoms with Gasteiger partial charge in [0.2, 0.25) is 0 Å². The van der Waals surface area contributed by atoms with Crippen molar-refractivity contribution < 1.29 is 14.3 Å². The van der Waals surface area contributed by atoms with E-state index in [0.717, 1.165) is 3.57 Å². The highest BCUT2D eigenvalue weighted by Gasteiger charge is 2.28. The van der Waals surface area contributed by atoms with Crippen LogP contribution in [0.1, 0.15) is 23.2 Å². The summed E-state index contributed by atoms with van der Waals surface area (Å²) in [6.45, 7) is 1.23. The van der Waals surface area contributed by atoms with E-state index in [2.05, 4.69) is 22.6 Å².